The number of quaternary nitrogens is 1. The van der Waals surface area contributed by atoms with Gasteiger partial charge in [0.1, 0.15) is 18.8 Å². The summed E-state index contributed by atoms with van der Waals surface area (Å²) in [6, 6.07) is 5.84. The van der Waals surface area contributed by atoms with Gasteiger partial charge in [-0.25, -0.2) is 16.8 Å². The molecule has 2 aliphatic rings. The zero-order valence-corrected chi connectivity index (χ0v) is 20.9. The summed E-state index contributed by atoms with van der Waals surface area (Å²) in [5, 5.41) is -3.80. The Hall–Kier alpha value is -2.22. The lowest BCUT2D eigenvalue weighted by Crippen LogP contribution is -3.14. The van der Waals surface area contributed by atoms with Crippen LogP contribution >= 0.6 is 0 Å². The molecule has 1 aromatic carbocycles. The van der Waals surface area contributed by atoms with Crippen LogP contribution in [0.15, 0.2) is 24.3 Å². The lowest BCUT2D eigenvalue weighted by Gasteiger charge is -2.39. The molecule has 0 radical (unpaired) electrons. The molecule has 0 aliphatic carbocycles. The molecule has 190 valence electrons. The lowest BCUT2D eigenvalue weighted by atomic mass is 9.91. The van der Waals surface area contributed by atoms with E-state index in [1.165, 1.54) is 31.4 Å². The predicted octanol–water partition coefficient (Wildman–Crippen LogP) is -1.66. The van der Waals surface area contributed by atoms with Gasteiger partial charge in [-0.2, -0.15) is 0 Å². The largest absolute Gasteiger partial charge is 0.497 e. The molecule has 2 heterocycles. The molecule has 2 aliphatic heterocycles. The third kappa shape index (κ3) is 4.92. The van der Waals surface area contributed by atoms with Gasteiger partial charge in [-0.05, 0) is 17.7 Å². The van der Waals surface area contributed by atoms with Crippen molar-refractivity contribution in [2.75, 3.05) is 54.2 Å². The summed E-state index contributed by atoms with van der Waals surface area (Å²) < 4.78 is 72.7. The number of hydrogen-bond acceptors (Lipinski definition) is 10. The van der Waals surface area contributed by atoms with Gasteiger partial charge >= 0.3 is 11.9 Å². The van der Waals surface area contributed by atoms with E-state index in [1.807, 2.05) is 0 Å². The summed E-state index contributed by atoms with van der Waals surface area (Å²) in [5.41, 5.74) is 0.163. The molecule has 0 bridgehead atoms. The van der Waals surface area contributed by atoms with E-state index in [9.17, 15) is 26.4 Å². The zero-order valence-electron chi connectivity index (χ0n) is 19.3. The Labute approximate surface area is 199 Å². The fourth-order valence-electron chi connectivity index (χ4n) is 4.61. The van der Waals surface area contributed by atoms with Crippen LogP contribution in [-0.2, 0) is 43.5 Å². The van der Waals surface area contributed by atoms with Gasteiger partial charge in [0.25, 0.3) is 0 Å². The minimum absolute atomic E-state index is 0.163. The Morgan fingerprint density at radius 3 is 1.85 bits per heavy atom. The zero-order chi connectivity index (χ0) is 25.1. The van der Waals surface area contributed by atoms with Crippen LogP contribution in [0, 0.1) is 0 Å². The lowest BCUT2D eigenvalue weighted by molar-refractivity contribution is -0.908. The molecule has 2 saturated heterocycles. The molecule has 13 heteroatoms. The van der Waals surface area contributed by atoms with Crippen LogP contribution in [0.2, 0.25) is 0 Å². The highest BCUT2D eigenvalue weighted by Gasteiger charge is 2.63. The minimum atomic E-state index is -4.62. The van der Waals surface area contributed by atoms with Crippen molar-refractivity contribution in [1.29, 1.82) is 0 Å². The number of morpholine rings is 1. The maximum Gasteiger partial charge on any atom is 0.324 e. The number of esters is 2. The first kappa shape index (κ1) is 26.4. The molecule has 1 aromatic rings. The van der Waals surface area contributed by atoms with Gasteiger partial charge in [0.15, 0.2) is 34.8 Å². The SMILES string of the molecule is COC(=O)[C@@H]1C(c2ccc(OC)cc2)[C@H](C(=O)OC)S(=O)(=O)C(CC[NH+]2CCOCC2)S1(=O)=O. The summed E-state index contributed by atoms with van der Waals surface area (Å²) in [6.45, 7) is 2.38. The first-order chi connectivity index (χ1) is 16.1. The predicted molar refractivity (Wildman–Crippen MR) is 120 cm³/mol. The van der Waals surface area contributed by atoms with Crippen molar-refractivity contribution in [2.24, 2.45) is 0 Å². The minimum Gasteiger partial charge on any atom is -0.497 e. The van der Waals surface area contributed by atoms with Gasteiger partial charge < -0.3 is 23.8 Å². The summed E-state index contributed by atoms with van der Waals surface area (Å²) in [7, 11) is -5.77. The highest BCUT2D eigenvalue weighted by molar-refractivity contribution is 8.11. The molecule has 0 aromatic heterocycles. The summed E-state index contributed by atoms with van der Waals surface area (Å²) >= 11 is 0. The third-order valence-corrected chi connectivity index (χ3v) is 12.3. The van der Waals surface area contributed by atoms with Gasteiger partial charge in [-0.15, -0.1) is 0 Å². The fourth-order valence-corrected chi connectivity index (χ4v) is 10.6. The van der Waals surface area contributed by atoms with Crippen LogP contribution < -0.4 is 9.64 Å². The number of methoxy groups -OCH3 is 3. The second-order valence-corrected chi connectivity index (χ2v) is 13.0. The van der Waals surface area contributed by atoms with Gasteiger partial charge in [0.05, 0.1) is 41.1 Å². The second kappa shape index (κ2) is 10.6. The Balaban J connectivity index is 2.13. The maximum atomic E-state index is 13.7. The number of benzene rings is 1. The molecule has 34 heavy (non-hydrogen) atoms. The van der Waals surface area contributed by atoms with Crippen LogP contribution in [0.3, 0.4) is 0 Å². The van der Waals surface area contributed by atoms with Crippen LogP contribution in [0.5, 0.6) is 5.75 Å². The molecular weight excluding hydrogens is 490 g/mol. The van der Waals surface area contributed by atoms with E-state index in [0.717, 1.165) is 19.1 Å². The van der Waals surface area contributed by atoms with Crippen LogP contribution in [0.4, 0.5) is 0 Å². The molecular formula is C21H30NO10S2+. The van der Waals surface area contributed by atoms with Gasteiger partial charge in [-0.1, -0.05) is 12.1 Å². The summed E-state index contributed by atoms with van der Waals surface area (Å²) in [6.07, 6.45) is -0.268. The summed E-state index contributed by atoms with van der Waals surface area (Å²) in [5.74, 6) is -3.38. The Kier molecular flexibility index (Phi) is 8.22. The monoisotopic (exact) mass is 520 g/mol. The summed E-state index contributed by atoms with van der Waals surface area (Å²) in [4.78, 5) is 26.6. The standard InChI is InChI=1S/C21H29NO10S2/c1-29-15-6-4-14(5-7-15)17-18(20(23)30-2)33(25,26)16(8-9-22-10-12-32-13-11-22)34(27,28)19(17)21(24)31-3/h4-7,16-19H,8-13H2,1-3H3/p+1/t16?,17?,18-,19+. The quantitative estimate of drug-likeness (QED) is 0.415. The molecule has 0 amide bonds. The van der Waals surface area contributed by atoms with Crippen molar-refractivity contribution in [3.63, 3.8) is 0 Å². The smallest absolute Gasteiger partial charge is 0.324 e. The molecule has 3 rings (SSSR count). The van der Waals surface area contributed by atoms with Crippen LogP contribution in [0.1, 0.15) is 17.9 Å². The number of ether oxygens (including phenoxy) is 4. The van der Waals surface area contributed by atoms with E-state index >= 15 is 0 Å². The molecule has 1 N–H and O–H groups in total. The molecule has 2 fully saturated rings. The van der Waals surface area contributed by atoms with E-state index in [0.29, 0.717) is 32.1 Å². The normalized spacial score (nSPS) is 28.6. The molecule has 0 saturated carbocycles. The van der Waals surface area contributed by atoms with Gasteiger partial charge in [-0.3, -0.25) is 9.59 Å². The number of rotatable bonds is 7. The first-order valence-corrected chi connectivity index (χ1v) is 14.0. The number of carbonyl (C=O) groups excluding carboxylic acids is 2. The molecule has 4 atom stereocenters. The first-order valence-electron chi connectivity index (χ1n) is 10.8. The van der Waals surface area contributed by atoms with Crippen molar-refractivity contribution in [1.82, 2.24) is 0 Å². The number of sulfone groups is 2. The van der Waals surface area contributed by atoms with E-state index in [4.69, 9.17) is 18.9 Å². The number of nitrogens with one attached hydrogen (secondary N) is 1. The Bertz CT molecular complexity index is 1040. The van der Waals surface area contributed by atoms with Crippen molar-refractivity contribution in [2.45, 2.75) is 27.4 Å². The van der Waals surface area contributed by atoms with Crippen molar-refractivity contribution >= 4 is 31.6 Å². The van der Waals surface area contributed by atoms with Crippen molar-refractivity contribution in [3.05, 3.63) is 29.8 Å². The van der Waals surface area contributed by atoms with E-state index in [-0.39, 0.29) is 18.5 Å². The number of hydrogen-bond donors (Lipinski definition) is 1. The highest BCUT2D eigenvalue weighted by Crippen LogP contribution is 2.43. The third-order valence-electron chi connectivity index (χ3n) is 6.39. The molecule has 2 unspecified atom stereocenters. The van der Waals surface area contributed by atoms with Gasteiger partial charge in [0, 0.05) is 12.3 Å². The Morgan fingerprint density at radius 2 is 1.41 bits per heavy atom. The number of carbonyl (C=O) groups is 2. The van der Waals surface area contributed by atoms with Crippen molar-refractivity contribution < 1.29 is 50.3 Å². The molecule has 0 spiro atoms. The Morgan fingerprint density at radius 1 is 0.912 bits per heavy atom. The highest BCUT2D eigenvalue weighted by atomic mass is 32.3. The van der Waals surface area contributed by atoms with Gasteiger partial charge in [0.2, 0.25) is 0 Å². The molecule has 11 nitrogen and oxygen atoms in total. The van der Waals surface area contributed by atoms with Crippen LogP contribution in [-0.4, -0.2) is 98.0 Å². The average molecular weight is 521 g/mol. The topological polar surface area (TPSA) is 144 Å². The van der Waals surface area contributed by atoms with E-state index < -0.39 is 52.6 Å². The second-order valence-electron chi connectivity index (χ2n) is 8.20. The average Bonchev–Trinajstić information content (AvgIpc) is 2.82. The maximum absolute atomic E-state index is 13.7. The van der Waals surface area contributed by atoms with Crippen molar-refractivity contribution in [3.8, 4) is 5.75 Å². The van der Waals surface area contributed by atoms with E-state index in [2.05, 4.69) is 0 Å². The van der Waals surface area contributed by atoms with Crippen LogP contribution in [0.25, 0.3) is 0 Å². The fraction of sp³-hybridized carbons (Fsp3) is 0.619. The van der Waals surface area contributed by atoms with E-state index in [1.54, 1.807) is 0 Å².